The molecule has 23 heavy (non-hydrogen) atoms. The summed E-state index contributed by atoms with van der Waals surface area (Å²) in [6, 6.07) is 9.54. The smallest absolute Gasteiger partial charge is 0.137 e. The monoisotopic (exact) mass is 312 g/mol. The van der Waals surface area contributed by atoms with E-state index < -0.39 is 0 Å². The first kappa shape index (κ1) is 16.2. The number of benzene rings is 1. The molecular weight excluding hydrogens is 284 g/mol. The average Bonchev–Trinajstić information content (AvgIpc) is 3.09. The summed E-state index contributed by atoms with van der Waals surface area (Å²) in [4.78, 5) is 3.98. The molecule has 0 saturated heterocycles. The summed E-state index contributed by atoms with van der Waals surface area (Å²) in [5, 5.41) is 7.88. The molecule has 0 atom stereocenters. The maximum atomic E-state index is 4.14. The molecule has 3 rings (SSSR count). The van der Waals surface area contributed by atoms with Gasteiger partial charge in [-0.3, -0.25) is 0 Å². The Balaban J connectivity index is 1.42. The van der Waals surface area contributed by atoms with Gasteiger partial charge < -0.3 is 5.32 Å². The number of hydrogen-bond donors (Lipinski definition) is 1. The Kier molecular flexibility index (Phi) is 5.81. The lowest BCUT2D eigenvalue weighted by atomic mass is 9.83. The SMILES string of the molecule is CCCC1CCC(NCc2ccc(Cn3cncn3)cc2)CC1. The standard InChI is InChI=1S/C19H28N4/c1-2-3-16-8-10-19(11-9-16)21-12-17-4-6-18(7-5-17)13-23-15-20-14-22-23/h4-7,14-16,19,21H,2-3,8-13H2,1H3. The topological polar surface area (TPSA) is 42.7 Å². The van der Waals surface area contributed by atoms with Crippen LogP contribution in [0, 0.1) is 5.92 Å². The number of rotatable bonds is 7. The van der Waals surface area contributed by atoms with E-state index in [1.165, 1.54) is 49.7 Å². The van der Waals surface area contributed by atoms with Crippen LogP contribution in [0.3, 0.4) is 0 Å². The normalized spacial score (nSPS) is 21.4. The van der Waals surface area contributed by atoms with Gasteiger partial charge in [-0.05, 0) is 42.7 Å². The van der Waals surface area contributed by atoms with Crippen molar-refractivity contribution < 1.29 is 0 Å². The Labute approximate surface area is 139 Å². The Morgan fingerprint density at radius 3 is 2.48 bits per heavy atom. The fourth-order valence-corrected chi connectivity index (χ4v) is 3.59. The first-order valence-corrected chi connectivity index (χ1v) is 8.97. The van der Waals surface area contributed by atoms with Crippen LogP contribution >= 0.6 is 0 Å². The van der Waals surface area contributed by atoms with E-state index in [1.54, 1.807) is 12.7 Å². The first-order chi connectivity index (χ1) is 11.3. The van der Waals surface area contributed by atoms with Crippen LogP contribution in [0.2, 0.25) is 0 Å². The number of nitrogens with one attached hydrogen (secondary N) is 1. The summed E-state index contributed by atoms with van der Waals surface area (Å²) in [7, 11) is 0. The van der Waals surface area contributed by atoms with Gasteiger partial charge in [0.1, 0.15) is 12.7 Å². The molecule has 124 valence electrons. The van der Waals surface area contributed by atoms with Gasteiger partial charge in [-0.25, -0.2) is 9.67 Å². The van der Waals surface area contributed by atoms with Crippen molar-refractivity contribution in [3.05, 3.63) is 48.0 Å². The zero-order valence-corrected chi connectivity index (χ0v) is 14.1. The zero-order valence-electron chi connectivity index (χ0n) is 14.1. The number of nitrogens with zero attached hydrogens (tertiary/aromatic N) is 3. The lowest BCUT2D eigenvalue weighted by molar-refractivity contribution is 0.277. The van der Waals surface area contributed by atoms with Gasteiger partial charge in [0.25, 0.3) is 0 Å². The summed E-state index contributed by atoms with van der Waals surface area (Å²) in [5.74, 6) is 0.981. The molecule has 0 unspecified atom stereocenters. The van der Waals surface area contributed by atoms with Crippen molar-refractivity contribution in [2.24, 2.45) is 5.92 Å². The van der Waals surface area contributed by atoms with E-state index in [9.17, 15) is 0 Å². The van der Waals surface area contributed by atoms with Crippen LogP contribution in [0.25, 0.3) is 0 Å². The van der Waals surface area contributed by atoms with Crippen molar-refractivity contribution in [3.8, 4) is 0 Å². The molecular formula is C19H28N4. The number of aromatic nitrogens is 3. The van der Waals surface area contributed by atoms with Crippen molar-refractivity contribution in [1.29, 1.82) is 0 Å². The quantitative estimate of drug-likeness (QED) is 0.846. The Morgan fingerprint density at radius 1 is 1.09 bits per heavy atom. The second-order valence-corrected chi connectivity index (χ2v) is 6.80. The molecule has 4 nitrogen and oxygen atoms in total. The Hall–Kier alpha value is -1.68. The molecule has 1 fully saturated rings. The van der Waals surface area contributed by atoms with Crippen LogP contribution < -0.4 is 5.32 Å². The maximum absolute atomic E-state index is 4.14. The summed E-state index contributed by atoms with van der Waals surface area (Å²) in [6.07, 6.45) is 11.6. The third kappa shape index (κ3) is 4.90. The second kappa shape index (κ2) is 8.25. The van der Waals surface area contributed by atoms with E-state index in [4.69, 9.17) is 0 Å². The van der Waals surface area contributed by atoms with Crippen LogP contribution in [0.1, 0.15) is 56.6 Å². The molecule has 4 heteroatoms. The fraction of sp³-hybridized carbons (Fsp3) is 0.579. The molecule has 0 bridgehead atoms. The van der Waals surface area contributed by atoms with Gasteiger partial charge in [-0.15, -0.1) is 0 Å². The van der Waals surface area contributed by atoms with Crippen molar-refractivity contribution in [1.82, 2.24) is 20.1 Å². The van der Waals surface area contributed by atoms with Crippen LogP contribution in [0.5, 0.6) is 0 Å². The first-order valence-electron chi connectivity index (χ1n) is 8.97. The summed E-state index contributed by atoms with van der Waals surface area (Å²) in [6.45, 7) is 4.07. The van der Waals surface area contributed by atoms with Crippen LogP contribution in [-0.2, 0) is 13.1 Å². The highest BCUT2D eigenvalue weighted by atomic mass is 15.3. The van der Waals surface area contributed by atoms with Crippen LogP contribution in [0.15, 0.2) is 36.9 Å². The molecule has 1 N–H and O–H groups in total. The van der Waals surface area contributed by atoms with E-state index in [0.717, 1.165) is 19.0 Å². The molecule has 1 aromatic heterocycles. The highest BCUT2D eigenvalue weighted by Crippen LogP contribution is 2.27. The Bertz CT molecular complexity index is 554. The van der Waals surface area contributed by atoms with Crippen LogP contribution in [-0.4, -0.2) is 20.8 Å². The molecule has 2 aromatic rings. The van der Waals surface area contributed by atoms with Gasteiger partial charge in [0.05, 0.1) is 6.54 Å². The van der Waals surface area contributed by atoms with E-state index in [-0.39, 0.29) is 0 Å². The molecule has 0 aliphatic heterocycles. The Morgan fingerprint density at radius 2 is 1.83 bits per heavy atom. The van der Waals surface area contributed by atoms with Gasteiger partial charge in [-0.1, -0.05) is 44.0 Å². The molecule has 1 aromatic carbocycles. The highest BCUT2D eigenvalue weighted by molar-refractivity contribution is 5.22. The van der Waals surface area contributed by atoms with Crippen molar-refractivity contribution in [3.63, 3.8) is 0 Å². The molecule has 1 aliphatic carbocycles. The minimum Gasteiger partial charge on any atom is -0.310 e. The molecule has 1 heterocycles. The summed E-state index contributed by atoms with van der Waals surface area (Å²) >= 11 is 0. The van der Waals surface area contributed by atoms with E-state index in [0.29, 0.717) is 6.04 Å². The molecule has 1 aliphatic rings. The van der Waals surface area contributed by atoms with Gasteiger partial charge >= 0.3 is 0 Å². The van der Waals surface area contributed by atoms with Gasteiger partial charge in [0.2, 0.25) is 0 Å². The highest BCUT2D eigenvalue weighted by Gasteiger charge is 2.19. The van der Waals surface area contributed by atoms with Gasteiger partial charge in [0.15, 0.2) is 0 Å². The molecule has 0 radical (unpaired) electrons. The predicted molar refractivity (Wildman–Crippen MR) is 93.1 cm³/mol. The molecule has 1 saturated carbocycles. The second-order valence-electron chi connectivity index (χ2n) is 6.80. The zero-order chi connectivity index (χ0) is 15.9. The number of hydrogen-bond acceptors (Lipinski definition) is 3. The van der Waals surface area contributed by atoms with Gasteiger partial charge in [0, 0.05) is 12.6 Å². The summed E-state index contributed by atoms with van der Waals surface area (Å²) in [5.41, 5.74) is 2.63. The minimum absolute atomic E-state index is 0.706. The molecule has 0 amide bonds. The minimum atomic E-state index is 0.706. The van der Waals surface area contributed by atoms with Gasteiger partial charge in [-0.2, -0.15) is 5.10 Å². The van der Waals surface area contributed by atoms with E-state index >= 15 is 0 Å². The third-order valence-electron chi connectivity index (χ3n) is 4.97. The molecule has 0 spiro atoms. The van der Waals surface area contributed by atoms with Crippen LogP contribution in [0.4, 0.5) is 0 Å². The van der Waals surface area contributed by atoms with Crippen molar-refractivity contribution in [2.75, 3.05) is 0 Å². The third-order valence-corrected chi connectivity index (χ3v) is 4.97. The van der Waals surface area contributed by atoms with E-state index in [1.807, 2.05) is 4.68 Å². The maximum Gasteiger partial charge on any atom is 0.137 e. The average molecular weight is 312 g/mol. The summed E-state index contributed by atoms with van der Waals surface area (Å²) < 4.78 is 1.85. The van der Waals surface area contributed by atoms with Crippen molar-refractivity contribution >= 4 is 0 Å². The predicted octanol–water partition coefficient (Wildman–Crippen LogP) is 3.77. The lowest BCUT2D eigenvalue weighted by Crippen LogP contribution is -2.32. The largest absolute Gasteiger partial charge is 0.310 e. The fourth-order valence-electron chi connectivity index (χ4n) is 3.59. The van der Waals surface area contributed by atoms with E-state index in [2.05, 4.69) is 46.6 Å². The lowest BCUT2D eigenvalue weighted by Gasteiger charge is -2.29. The van der Waals surface area contributed by atoms with Crippen molar-refractivity contribution in [2.45, 2.75) is 64.6 Å².